The molecule has 0 aliphatic carbocycles. The van der Waals surface area contributed by atoms with Crippen molar-refractivity contribution in [3.05, 3.63) is 43.0 Å². The predicted octanol–water partition coefficient (Wildman–Crippen LogP) is 0.860. The van der Waals surface area contributed by atoms with Gasteiger partial charge in [-0.15, -0.1) is 6.58 Å². The zero-order valence-corrected chi connectivity index (χ0v) is 14.3. The van der Waals surface area contributed by atoms with Gasteiger partial charge in [0.15, 0.2) is 0 Å². The molecule has 3 heterocycles. The van der Waals surface area contributed by atoms with E-state index in [2.05, 4.69) is 33.8 Å². The van der Waals surface area contributed by atoms with Crippen molar-refractivity contribution in [3.63, 3.8) is 0 Å². The lowest BCUT2D eigenvalue weighted by Crippen LogP contribution is -2.66. The fraction of sp³-hybridized carbons (Fsp3) is 0.444. The second-order valence-corrected chi connectivity index (χ2v) is 6.68. The van der Waals surface area contributed by atoms with Crippen LogP contribution in [-0.2, 0) is 4.79 Å². The van der Waals surface area contributed by atoms with Crippen molar-refractivity contribution in [1.29, 1.82) is 0 Å². The lowest BCUT2D eigenvalue weighted by Gasteiger charge is -2.43. The summed E-state index contributed by atoms with van der Waals surface area (Å²) >= 11 is 0. The smallest absolute Gasteiger partial charge is 0.328 e. The second kappa shape index (κ2) is 6.16. The van der Waals surface area contributed by atoms with Crippen LogP contribution in [0.3, 0.4) is 0 Å². The van der Waals surface area contributed by atoms with Gasteiger partial charge in [0.1, 0.15) is 18.5 Å². The molecule has 7 heteroatoms. The Morgan fingerprint density at radius 3 is 2.72 bits per heavy atom. The number of imide groups is 1. The number of nitrogens with zero attached hydrogens (tertiary/aromatic N) is 4. The molecule has 1 aromatic rings. The van der Waals surface area contributed by atoms with Crippen LogP contribution >= 0.6 is 0 Å². The number of anilines is 1. The fourth-order valence-electron chi connectivity index (χ4n) is 4.10. The first-order chi connectivity index (χ1) is 12.1. The second-order valence-electron chi connectivity index (χ2n) is 6.68. The van der Waals surface area contributed by atoms with E-state index in [1.807, 2.05) is 18.2 Å². The highest BCUT2D eigenvalue weighted by atomic mass is 16.2. The molecule has 0 saturated carbocycles. The first kappa shape index (κ1) is 16.1. The Morgan fingerprint density at radius 1 is 1.24 bits per heavy atom. The molecule has 3 saturated heterocycles. The third kappa shape index (κ3) is 2.42. The van der Waals surface area contributed by atoms with E-state index in [1.165, 1.54) is 4.90 Å². The van der Waals surface area contributed by atoms with E-state index in [-0.39, 0.29) is 37.0 Å². The number of carbonyl (C=O) groups is 2. The third-order valence-electron chi connectivity index (χ3n) is 5.27. The minimum Gasteiger partial charge on any atom is -0.343 e. The van der Waals surface area contributed by atoms with Crippen LogP contribution in [0.4, 0.5) is 10.5 Å². The molecule has 0 bridgehead atoms. The largest absolute Gasteiger partial charge is 0.343 e. The molecule has 7 nitrogen and oxygen atoms in total. The van der Waals surface area contributed by atoms with Crippen LogP contribution in [0.5, 0.6) is 0 Å². The molecule has 3 amide bonds. The number of para-hydroxylation sites is 1. The van der Waals surface area contributed by atoms with E-state index in [4.69, 9.17) is 0 Å². The third-order valence-corrected chi connectivity index (χ3v) is 5.27. The molecule has 1 N–H and O–H groups in total. The highest BCUT2D eigenvalue weighted by Gasteiger charge is 2.55. The van der Waals surface area contributed by atoms with Gasteiger partial charge in [-0.25, -0.2) is 4.79 Å². The summed E-state index contributed by atoms with van der Waals surface area (Å²) in [5, 5.41) is 3.50. The van der Waals surface area contributed by atoms with Gasteiger partial charge in [-0.3, -0.25) is 19.9 Å². The number of nitrogens with one attached hydrogen (secondary N) is 1. The molecule has 3 aliphatic rings. The molecule has 0 radical (unpaired) electrons. The molecule has 4 rings (SSSR count). The minimum atomic E-state index is -0.362. The summed E-state index contributed by atoms with van der Waals surface area (Å²) in [7, 11) is 1.75. The molecule has 3 fully saturated rings. The lowest BCUT2D eigenvalue weighted by molar-refractivity contribution is -0.138. The number of hydrogen-bond acceptors (Lipinski definition) is 5. The molecule has 25 heavy (non-hydrogen) atoms. The van der Waals surface area contributed by atoms with Gasteiger partial charge in [0.2, 0.25) is 0 Å². The van der Waals surface area contributed by atoms with Crippen molar-refractivity contribution in [1.82, 2.24) is 20.0 Å². The van der Waals surface area contributed by atoms with Crippen molar-refractivity contribution >= 4 is 17.6 Å². The van der Waals surface area contributed by atoms with Gasteiger partial charge in [-0.2, -0.15) is 0 Å². The Hall–Kier alpha value is -2.38. The van der Waals surface area contributed by atoms with Crippen LogP contribution in [0, 0.1) is 0 Å². The zero-order valence-electron chi connectivity index (χ0n) is 14.3. The summed E-state index contributed by atoms with van der Waals surface area (Å²) in [5.74, 6) is -0.141. The summed E-state index contributed by atoms with van der Waals surface area (Å²) < 4.78 is 0. The van der Waals surface area contributed by atoms with E-state index in [9.17, 15) is 9.59 Å². The van der Waals surface area contributed by atoms with Crippen LogP contribution < -0.4 is 10.2 Å². The van der Waals surface area contributed by atoms with Gasteiger partial charge in [-0.1, -0.05) is 24.3 Å². The average Bonchev–Trinajstić information content (AvgIpc) is 3.04. The maximum atomic E-state index is 13.0. The SMILES string of the molecule is C=CCN1C(=O)C2C(NC3N(c4ccccc4)CCCN23)N(C)C1=O. The fourth-order valence-corrected chi connectivity index (χ4v) is 4.10. The minimum absolute atomic E-state index is 0.0889. The topological polar surface area (TPSA) is 59.1 Å². The maximum Gasteiger partial charge on any atom is 0.328 e. The van der Waals surface area contributed by atoms with Gasteiger partial charge in [0.25, 0.3) is 5.91 Å². The number of likely N-dealkylation sites (N-methyl/N-ethyl adjacent to an activating group) is 1. The van der Waals surface area contributed by atoms with E-state index in [0.29, 0.717) is 0 Å². The van der Waals surface area contributed by atoms with Crippen LogP contribution in [0.1, 0.15) is 6.42 Å². The summed E-state index contributed by atoms with van der Waals surface area (Å²) in [6.45, 7) is 5.66. The number of benzene rings is 1. The van der Waals surface area contributed by atoms with Gasteiger partial charge >= 0.3 is 6.03 Å². The Labute approximate surface area is 147 Å². The molecule has 0 spiro atoms. The highest BCUT2D eigenvalue weighted by molar-refractivity contribution is 6.00. The van der Waals surface area contributed by atoms with Gasteiger partial charge in [0, 0.05) is 32.4 Å². The number of carbonyl (C=O) groups excluding carboxylic acids is 2. The Morgan fingerprint density at radius 2 is 2.00 bits per heavy atom. The molecule has 132 valence electrons. The van der Waals surface area contributed by atoms with E-state index in [1.54, 1.807) is 18.0 Å². The van der Waals surface area contributed by atoms with Gasteiger partial charge in [0.05, 0.1) is 0 Å². The predicted molar refractivity (Wildman–Crippen MR) is 94.7 cm³/mol. The van der Waals surface area contributed by atoms with E-state index >= 15 is 0 Å². The lowest BCUT2D eigenvalue weighted by atomic mass is 10.1. The summed E-state index contributed by atoms with van der Waals surface area (Å²) in [4.78, 5) is 32.9. The number of fused-ring (bicyclic) bond motifs is 3. The van der Waals surface area contributed by atoms with Crippen molar-refractivity contribution < 1.29 is 9.59 Å². The Balaban J connectivity index is 1.66. The number of hydrogen-bond donors (Lipinski definition) is 1. The van der Waals surface area contributed by atoms with Crippen molar-refractivity contribution in [2.24, 2.45) is 0 Å². The van der Waals surface area contributed by atoms with Crippen molar-refractivity contribution in [2.45, 2.75) is 24.9 Å². The first-order valence-corrected chi connectivity index (χ1v) is 8.66. The van der Waals surface area contributed by atoms with Crippen LogP contribution in [0.2, 0.25) is 0 Å². The molecular formula is C18H23N5O2. The molecule has 0 aromatic heterocycles. The number of amides is 3. The summed E-state index contributed by atoms with van der Waals surface area (Å²) in [6, 6.07) is 9.55. The van der Waals surface area contributed by atoms with E-state index < -0.39 is 0 Å². The molecular weight excluding hydrogens is 318 g/mol. The highest BCUT2D eigenvalue weighted by Crippen LogP contribution is 2.32. The molecule has 1 aromatic carbocycles. The number of rotatable bonds is 3. The van der Waals surface area contributed by atoms with Crippen molar-refractivity contribution in [3.8, 4) is 0 Å². The van der Waals surface area contributed by atoms with E-state index in [0.717, 1.165) is 25.2 Å². The van der Waals surface area contributed by atoms with Gasteiger partial charge < -0.3 is 9.80 Å². The normalized spacial score (nSPS) is 29.6. The standard InChI is InChI=1S/C18H23N5O2/c1-3-10-23-16(24)14-15(20(2)18(23)25)19-17-21(11-7-12-22(14)17)13-8-5-4-6-9-13/h3-6,8-9,14-15,17,19H,1,7,10-12H2,2H3. The average molecular weight is 341 g/mol. The maximum absolute atomic E-state index is 13.0. The monoisotopic (exact) mass is 341 g/mol. The summed E-state index contributed by atoms with van der Waals surface area (Å²) in [6.07, 6.45) is 2.17. The Kier molecular flexibility index (Phi) is 3.97. The Bertz CT molecular complexity index is 694. The quantitative estimate of drug-likeness (QED) is 0.827. The van der Waals surface area contributed by atoms with Crippen LogP contribution in [-0.4, -0.2) is 71.8 Å². The zero-order chi connectivity index (χ0) is 17.6. The summed E-state index contributed by atoms with van der Waals surface area (Å²) in [5.41, 5.74) is 1.12. The first-order valence-electron chi connectivity index (χ1n) is 8.66. The van der Waals surface area contributed by atoms with Crippen LogP contribution in [0.25, 0.3) is 0 Å². The number of urea groups is 1. The van der Waals surface area contributed by atoms with Gasteiger partial charge in [-0.05, 0) is 18.6 Å². The van der Waals surface area contributed by atoms with Crippen molar-refractivity contribution in [2.75, 3.05) is 31.6 Å². The molecule has 3 atom stereocenters. The molecule has 3 unspecified atom stereocenters. The van der Waals surface area contributed by atoms with Crippen LogP contribution in [0.15, 0.2) is 43.0 Å². The molecule has 3 aliphatic heterocycles.